The van der Waals surface area contributed by atoms with Crippen LogP contribution in [-0.4, -0.2) is 39.5 Å². The molecule has 0 aliphatic rings. The Labute approximate surface area is 172 Å². The van der Waals surface area contributed by atoms with Gasteiger partial charge in [0, 0.05) is 19.5 Å². The van der Waals surface area contributed by atoms with Crippen molar-refractivity contribution in [1.29, 1.82) is 0 Å². The fraction of sp³-hybridized carbons (Fsp3) is 0.526. The van der Waals surface area contributed by atoms with Crippen LogP contribution < -0.4 is 11.1 Å². The molecule has 1 heterocycles. The maximum atomic E-state index is 12.1. The number of hydrogen-bond donors (Lipinski definition) is 2. The van der Waals surface area contributed by atoms with Gasteiger partial charge in [-0.05, 0) is 30.6 Å². The molecule has 27 heavy (non-hydrogen) atoms. The zero-order valence-corrected chi connectivity index (χ0v) is 17.9. The summed E-state index contributed by atoms with van der Waals surface area (Å²) in [7, 11) is 0. The lowest BCUT2D eigenvalue weighted by Crippen LogP contribution is -2.42. The van der Waals surface area contributed by atoms with Crippen molar-refractivity contribution in [2.75, 3.05) is 12.8 Å². The Morgan fingerprint density at radius 3 is 2.59 bits per heavy atom. The van der Waals surface area contributed by atoms with Crippen molar-refractivity contribution in [2.45, 2.75) is 50.9 Å². The van der Waals surface area contributed by atoms with E-state index < -0.39 is 6.04 Å². The van der Waals surface area contributed by atoms with Gasteiger partial charge < -0.3 is 15.6 Å². The minimum absolute atomic E-state index is 0. The molecule has 1 aromatic heterocycles. The quantitative estimate of drug-likeness (QED) is 0.463. The summed E-state index contributed by atoms with van der Waals surface area (Å²) in [6, 6.07) is 9.31. The highest BCUT2D eigenvalue weighted by Crippen LogP contribution is 2.16. The fourth-order valence-corrected chi connectivity index (χ4v) is 3.28. The third-order valence-corrected chi connectivity index (χ3v) is 4.70. The summed E-state index contributed by atoms with van der Waals surface area (Å²) >= 11 is 1.61. The lowest BCUT2D eigenvalue weighted by atomic mass is 10.1. The molecule has 2 aromatic rings. The molecule has 0 aliphatic carbocycles. The SMILES string of the molecule is CSc1nnc(CCCNC(=O)[C@@H](N)Cc2ccccc2)n1CC(C)C.Cl. The van der Waals surface area contributed by atoms with E-state index in [1.54, 1.807) is 11.8 Å². The zero-order chi connectivity index (χ0) is 18.9. The Bertz CT molecular complexity index is 693. The number of aromatic nitrogens is 3. The van der Waals surface area contributed by atoms with Crippen molar-refractivity contribution in [1.82, 2.24) is 20.1 Å². The predicted octanol–water partition coefficient (Wildman–Crippen LogP) is 2.70. The van der Waals surface area contributed by atoms with Crippen LogP contribution in [0.2, 0.25) is 0 Å². The molecule has 0 saturated heterocycles. The maximum absolute atomic E-state index is 12.1. The van der Waals surface area contributed by atoms with E-state index in [2.05, 4.69) is 33.9 Å². The zero-order valence-electron chi connectivity index (χ0n) is 16.2. The topological polar surface area (TPSA) is 85.8 Å². The van der Waals surface area contributed by atoms with Crippen LogP contribution in [0.25, 0.3) is 0 Å². The van der Waals surface area contributed by atoms with E-state index in [1.165, 1.54) is 0 Å². The number of nitrogens with zero attached hydrogens (tertiary/aromatic N) is 3. The van der Waals surface area contributed by atoms with Gasteiger partial charge in [-0.3, -0.25) is 4.79 Å². The van der Waals surface area contributed by atoms with Crippen molar-refractivity contribution in [2.24, 2.45) is 11.7 Å². The first kappa shape index (κ1) is 23.5. The summed E-state index contributed by atoms with van der Waals surface area (Å²) in [5.74, 6) is 1.40. The van der Waals surface area contributed by atoms with Crippen LogP contribution in [0.1, 0.15) is 31.7 Å². The van der Waals surface area contributed by atoms with Crippen LogP contribution in [0.5, 0.6) is 0 Å². The Balaban J connectivity index is 0.00000364. The molecule has 2 rings (SSSR count). The molecule has 1 aromatic carbocycles. The minimum atomic E-state index is -0.523. The van der Waals surface area contributed by atoms with Crippen molar-refractivity contribution < 1.29 is 4.79 Å². The van der Waals surface area contributed by atoms with Crippen molar-refractivity contribution in [3.8, 4) is 0 Å². The molecule has 1 amide bonds. The lowest BCUT2D eigenvalue weighted by molar-refractivity contribution is -0.122. The van der Waals surface area contributed by atoms with Crippen molar-refractivity contribution >= 4 is 30.1 Å². The summed E-state index contributed by atoms with van der Waals surface area (Å²) in [4.78, 5) is 12.1. The number of hydrogen-bond acceptors (Lipinski definition) is 5. The summed E-state index contributed by atoms with van der Waals surface area (Å²) < 4.78 is 2.18. The molecule has 0 spiro atoms. The van der Waals surface area contributed by atoms with E-state index in [-0.39, 0.29) is 18.3 Å². The van der Waals surface area contributed by atoms with Gasteiger partial charge in [-0.15, -0.1) is 22.6 Å². The number of amides is 1. The Kier molecular flexibility index (Phi) is 10.4. The lowest BCUT2D eigenvalue weighted by Gasteiger charge is -2.13. The average molecular weight is 412 g/mol. The molecule has 1 atom stereocenters. The number of carbonyl (C=O) groups is 1. The summed E-state index contributed by atoms with van der Waals surface area (Å²) in [5.41, 5.74) is 7.07. The molecular formula is C19H30ClN5OS. The van der Waals surface area contributed by atoms with E-state index in [4.69, 9.17) is 5.73 Å². The van der Waals surface area contributed by atoms with Gasteiger partial charge in [-0.2, -0.15) is 0 Å². The van der Waals surface area contributed by atoms with Crippen molar-refractivity contribution in [3.63, 3.8) is 0 Å². The third-order valence-electron chi connectivity index (χ3n) is 4.04. The van der Waals surface area contributed by atoms with Gasteiger partial charge in [0.1, 0.15) is 5.82 Å². The molecular weight excluding hydrogens is 382 g/mol. The van der Waals surface area contributed by atoms with Crippen LogP contribution in [0, 0.1) is 5.92 Å². The van der Waals surface area contributed by atoms with Crippen LogP contribution in [0.15, 0.2) is 35.5 Å². The molecule has 0 aliphatic heterocycles. The molecule has 3 N–H and O–H groups in total. The van der Waals surface area contributed by atoms with Crippen LogP contribution in [0.3, 0.4) is 0 Å². The van der Waals surface area contributed by atoms with Gasteiger partial charge in [0.25, 0.3) is 0 Å². The molecule has 0 saturated carbocycles. The first-order chi connectivity index (χ1) is 12.5. The van der Waals surface area contributed by atoms with Gasteiger partial charge in [0.15, 0.2) is 5.16 Å². The molecule has 0 radical (unpaired) electrons. The normalized spacial score (nSPS) is 11.9. The van der Waals surface area contributed by atoms with E-state index in [1.807, 2.05) is 36.6 Å². The second-order valence-corrected chi connectivity index (χ2v) is 7.57. The number of rotatable bonds is 10. The Morgan fingerprint density at radius 2 is 1.96 bits per heavy atom. The number of aryl methyl sites for hydroxylation is 1. The molecule has 0 unspecified atom stereocenters. The van der Waals surface area contributed by atoms with Gasteiger partial charge in [-0.25, -0.2) is 0 Å². The molecule has 0 fully saturated rings. The highest BCUT2D eigenvalue weighted by molar-refractivity contribution is 7.98. The third kappa shape index (κ3) is 7.52. The van der Waals surface area contributed by atoms with Crippen LogP contribution >= 0.6 is 24.2 Å². The van der Waals surface area contributed by atoms with Gasteiger partial charge in [-0.1, -0.05) is 55.9 Å². The number of thioether (sulfide) groups is 1. The Morgan fingerprint density at radius 1 is 1.26 bits per heavy atom. The number of nitrogens with one attached hydrogen (secondary N) is 1. The summed E-state index contributed by atoms with van der Waals surface area (Å²) in [6.07, 6.45) is 4.16. The van der Waals surface area contributed by atoms with Gasteiger partial charge in [0.2, 0.25) is 5.91 Å². The Hall–Kier alpha value is -1.57. The molecule has 0 bridgehead atoms. The fourth-order valence-electron chi connectivity index (χ4n) is 2.75. The second kappa shape index (κ2) is 12.0. The van der Waals surface area contributed by atoms with E-state index in [0.29, 0.717) is 18.9 Å². The van der Waals surface area contributed by atoms with Gasteiger partial charge >= 0.3 is 0 Å². The highest BCUT2D eigenvalue weighted by Gasteiger charge is 2.15. The largest absolute Gasteiger partial charge is 0.355 e. The number of carbonyl (C=O) groups excluding carboxylic acids is 1. The van der Waals surface area contributed by atoms with E-state index in [0.717, 1.165) is 35.9 Å². The predicted molar refractivity (Wildman–Crippen MR) is 113 cm³/mol. The summed E-state index contributed by atoms with van der Waals surface area (Å²) in [5, 5.41) is 12.4. The van der Waals surface area contributed by atoms with Crippen molar-refractivity contribution in [3.05, 3.63) is 41.7 Å². The number of benzene rings is 1. The summed E-state index contributed by atoms with van der Waals surface area (Å²) in [6.45, 7) is 5.86. The highest BCUT2D eigenvalue weighted by atomic mass is 35.5. The van der Waals surface area contributed by atoms with E-state index in [9.17, 15) is 4.79 Å². The molecule has 150 valence electrons. The minimum Gasteiger partial charge on any atom is -0.355 e. The van der Waals surface area contributed by atoms with E-state index >= 15 is 0 Å². The first-order valence-electron chi connectivity index (χ1n) is 9.04. The smallest absolute Gasteiger partial charge is 0.237 e. The van der Waals surface area contributed by atoms with Crippen LogP contribution in [0.4, 0.5) is 0 Å². The molecule has 8 heteroatoms. The van der Waals surface area contributed by atoms with Crippen LogP contribution in [-0.2, 0) is 24.2 Å². The average Bonchev–Trinajstić information content (AvgIpc) is 3.00. The molecule has 6 nitrogen and oxygen atoms in total. The second-order valence-electron chi connectivity index (χ2n) is 6.80. The van der Waals surface area contributed by atoms with Gasteiger partial charge in [0.05, 0.1) is 6.04 Å². The maximum Gasteiger partial charge on any atom is 0.237 e. The number of halogens is 1. The first-order valence-corrected chi connectivity index (χ1v) is 10.3. The number of nitrogens with two attached hydrogens (primary N) is 1. The monoisotopic (exact) mass is 411 g/mol. The standard InChI is InChI=1S/C19H29N5OS.ClH/c1-14(2)13-24-17(22-23-19(24)26-3)10-7-11-21-18(25)16(20)12-15-8-5-4-6-9-15;/h4-6,8-9,14,16H,7,10-13,20H2,1-3H3,(H,21,25);1H/t16-;/m0./s1.